The van der Waals surface area contributed by atoms with E-state index in [0.29, 0.717) is 13.1 Å². The van der Waals surface area contributed by atoms with Crippen molar-refractivity contribution in [3.8, 4) is 5.88 Å². The van der Waals surface area contributed by atoms with Crippen LogP contribution in [0, 0.1) is 11.6 Å². The van der Waals surface area contributed by atoms with E-state index < -0.39 is 35.1 Å². The molecule has 2 aromatic rings. The first-order valence-electron chi connectivity index (χ1n) is 9.72. The molecule has 1 amide bonds. The number of carboxylic acid groups (broad SMARTS) is 1. The van der Waals surface area contributed by atoms with Gasteiger partial charge in [-0.2, -0.15) is 14.5 Å². The van der Waals surface area contributed by atoms with Gasteiger partial charge in [0.2, 0.25) is 5.88 Å². The molecule has 2 N–H and O–H groups in total. The lowest BCUT2D eigenvalue weighted by Crippen LogP contribution is -2.51. The number of rotatable bonds is 8. The Morgan fingerprint density at radius 2 is 2.15 bits per heavy atom. The van der Waals surface area contributed by atoms with Gasteiger partial charge in [-0.15, -0.1) is 0 Å². The number of hydrogen-bond donors (Lipinski definition) is 2. The van der Waals surface area contributed by atoms with Crippen LogP contribution in [-0.2, 0) is 21.9 Å². The molecule has 0 aliphatic carbocycles. The van der Waals surface area contributed by atoms with E-state index in [-0.39, 0.29) is 41.3 Å². The number of amides is 1. The van der Waals surface area contributed by atoms with E-state index >= 15 is 0 Å². The summed E-state index contributed by atoms with van der Waals surface area (Å²) in [5.41, 5.74) is 0.100. The Balaban J connectivity index is 1.59. The number of anilines is 1. The van der Waals surface area contributed by atoms with Crippen molar-refractivity contribution >= 4 is 34.9 Å². The molecule has 2 aliphatic rings. The van der Waals surface area contributed by atoms with Crippen LogP contribution in [0.1, 0.15) is 12.0 Å². The summed E-state index contributed by atoms with van der Waals surface area (Å²) in [5, 5.41) is 11.5. The van der Waals surface area contributed by atoms with E-state index in [4.69, 9.17) is 14.7 Å². The molecule has 15 heteroatoms. The highest BCUT2D eigenvalue weighted by Crippen LogP contribution is 2.30. The molecule has 3 heterocycles. The van der Waals surface area contributed by atoms with E-state index in [1.807, 2.05) is 0 Å². The second-order valence-corrected chi connectivity index (χ2v) is 8.79. The fraction of sp³-hybridized carbons (Fsp3) is 0.389. The van der Waals surface area contributed by atoms with Crippen molar-refractivity contribution in [3.63, 3.8) is 0 Å². The molecule has 1 aromatic heterocycles. The first-order chi connectivity index (χ1) is 15.8. The molecule has 33 heavy (non-hydrogen) atoms. The molecule has 2 aliphatic heterocycles. The summed E-state index contributed by atoms with van der Waals surface area (Å²) >= 11 is -1.44. The Bertz CT molecular complexity index is 1060. The van der Waals surface area contributed by atoms with Gasteiger partial charge in [-0.25, -0.2) is 27.8 Å². The maximum Gasteiger partial charge on any atom is 0.431 e. The average Bonchev–Trinajstić information content (AvgIpc) is 3.20. The van der Waals surface area contributed by atoms with Gasteiger partial charge >= 0.3 is 6.09 Å². The number of benzene rings is 1. The SMILES string of the molecule is O=C(O)N1CC(Oc2cc(N(N3CCC3)S(=O)O)nc(SCc3cccc(F)c3F)n2)CO1. The van der Waals surface area contributed by atoms with Crippen molar-refractivity contribution < 1.29 is 37.0 Å². The number of aromatic nitrogens is 2. The van der Waals surface area contributed by atoms with Crippen molar-refractivity contribution in [2.24, 2.45) is 0 Å². The van der Waals surface area contributed by atoms with Gasteiger partial charge in [0.05, 0.1) is 6.54 Å². The van der Waals surface area contributed by atoms with Crippen molar-refractivity contribution in [1.29, 1.82) is 0 Å². The topological polar surface area (TPSA) is 129 Å². The van der Waals surface area contributed by atoms with Crippen LogP contribution in [0.2, 0.25) is 0 Å². The number of nitrogens with zero attached hydrogens (tertiary/aromatic N) is 5. The van der Waals surface area contributed by atoms with E-state index in [1.165, 1.54) is 18.2 Å². The minimum atomic E-state index is -2.43. The Morgan fingerprint density at radius 1 is 1.36 bits per heavy atom. The Labute approximate surface area is 193 Å². The number of halogens is 2. The second kappa shape index (κ2) is 10.1. The van der Waals surface area contributed by atoms with E-state index in [1.54, 1.807) is 5.01 Å². The summed E-state index contributed by atoms with van der Waals surface area (Å²) in [5.74, 6) is -1.88. The van der Waals surface area contributed by atoms with E-state index in [0.717, 1.165) is 33.7 Å². The summed E-state index contributed by atoms with van der Waals surface area (Å²) in [7, 11) is 0. The molecule has 2 atom stereocenters. The highest BCUT2D eigenvalue weighted by molar-refractivity contribution is 7.98. The van der Waals surface area contributed by atoms with Gasteiger partial charge in [0.25, 0.3) is 11.3 Å². The molecule has 0 bridgehead atoms. The summed E-state index contributed by atoms with van der Waals surface area (Å²) in [4.78, 5) is 24.6. The lowest BCUT2D eigenvalue weighted by molar-refractivity contribution is -0.0839. The van der Waals surface area contributed by atoms with Crippen LogP contribution in [0.15, 0.2) is 29.4 Å². The van der Waals surface area contributed by atoms with Crippen LogP contribution in [0.5, 0.6) is 5.88 Å². The van der Waals surface area contributed by atoms with Gasteiger partial charge in [-0.3, -0.25) is 9.39 Å². The fourth-order valence-corrected chi connectivity index (χ4v) is 4.50. The highest BCUT2D eigenvalue weighted by atomic mass is 32.2. The average molecular weight is 504 g/mol. The molecule has 178 valence electrons. The molecule has 0 radical (unpaired) electrons. The predicted octanol–water partition coefficient (Wildman–Crippen LogP) is 2.28. The lowest BCUT2D eigenvalue weighted by atomic mass is 10.2. The number of hydrogen-bond acceptors (Lipinski definition) is 8. The maximum atomic E-state index is 14.0. The molecule has 11 nitrogen and oxygen atoms in total. The summed E-state index contributed by atoms with van der Waals surface area (Å²) in [6, 6.07) is 5.17. The van der Waals surface area contributed by atoms with Crippen molar-refractivity contribution in [2.75, 3.05) is 30.7 Å². The standard InChI is InChI=1S/C18H19F2N5O6S2/c19-13-4-1-3-11(16(13)20)10-32-17-21-14(25(33(28)29)23-5-2-6-23)7-15(22-17)31-12-8-24(18(26)27)30-9-12/h1,3-4,7,12H,2,5-6,8-10H2,(H,26,27)(H,28,29). The number of carbonyl (C=O) groups is 1. The van der Waals surface area contributed by atoms with E-state index in [2.05, 4.69) is 9.97 Å². The normalized spacial score (nSPS) is 19.2. The summed E-state index contributed by atoms with van der Waals surface area (Å²) < 4.78 is 56.1. The van der Waals surface area contributed by atoms with Gasteiger partial charge in [0.1, 0.15) is 12.7 Å². The molecule has 0 spiro atoms. The Morgan fingerprint density at radius 3 is 2.79 bits per heavy atom. The smallest absolute Gasteiger partial charge is 0.431 e. The minimum Gasteiger partial charge on any atom is -0.470 e. The highest BCUT2D eigenvalue weighted by Gasteiger charge is 2.31. The molecule has 4 rings (SSSR count). The number of hydrazine groups is 1. The van der Waals surface area contributed by atoms with Crippen LogP contribution >= 0.6 is 11.8 Å². The van der Waals surface area contributed by atoms with Crippen LogP contribution in [-0.4, -0.2) is 72.3 Å². The third-order valence-electron chi connectivity index (χ3n) is 4.78. The van der Waals surface area contributed by atoms with Crippen molar-refractivity contribution in [3.05, 3.63) is 41.5 Å². The number of hydroxylamine groups is 2. The molecular weight excluding hydrogens is 484 g/mol. The molecule has 1 aromatic carbocycles. The zero-order valence-corrected chi connectivity index (χ0v) is 18.6. The zero-order valence-electron chi connectivity index (χ0n) is 17.0. The fourth-order valence-electron chi connectivity index (χ4n) is 3.06. The van der Waals surface area contributed by atoms with Gasteiger partial charge in [-0.05, 0) is 12.5 Å². The van der Waals surface area contributed by atoms with Crippen LogP contribution < -0.4 is 9.15 Å². The first-order valence-corrected chi connectivity index (χ1v) is 11.8. The summed E-state index contributed by atoms with van der Waals surface area (Å²) in [6.07, 6.45) is -1.09. The van der Waals surface area contributed by atoms with Gasteiger partial charge < -0.3 is 9.84 Å². The minimum absolute atomic E-state index is 0.00224. The summed E-state index contributed by atoms with van der Waals surface area (Å²) in [6.45, 7) is 0.999. The molecular formula is C18H19F2N5O6S2. The Kier molecular flexibility index (Phi) is 7.23. The van der Waals surface area contributed by atoms with Crippen LogP contribution in [0.25, 0.3) is 0 Å². The number of ether oxygens (including phenoxy) is 1. The second-order valence-electron chi connectivity index (χ2n) is 7.04. The zero-order chi connectivity index (χ0) is 23.5. The third kappa shape index (κ3) is 5.50. The van der Waals surface area contributed by atoms with Gasteiger partial charge in [0, 0.05) is 30.5 Å². The predicted molar refractivity (Wildman–Crippen MR) is 112 cm³/mol. The van der Waals surface area contributed by atoms with Crippen LogP contribution in [0.4, 0.5) is 19.4 Å². The van der Waals surface area contributed by atoms with Crippen molar-refractivity contribution in [2.45, 2.75) is 23.4 Å². The molecule has 2 unspecified atom stereocenters. The van der Waals surface area contributed by atoms with Gasteiger partial charge in [-0.1, -0.05) is 23.9 Å². The lowest BCUT2D eigenvalue weighted by Gasteiger charge is -2.38. The monoisotopic (exact) mass is 503 g/mol. The third-order valence-corrected chi connectivity index (χ3v) is 6.39. The Hall–Kier alpha value is -2.59. The van der Waals surface area contributed by atoms with Gasteiger partial charge in [0.15, 0.2) is 22.6 Å². The van der Waals surface area contributed by atoms with Crippen molar-refractivity contribution in [1.82, 2.24) is 20.0 Å². The molecule has 2 fully saturated rings. The van der Waals surface area contributed by atoms with Crippen LogP contribution in [0.3, 0.4) is 0 Å². The molecule has 2 saturated heterocycles. The molecule has 0 saturated carbocycles. The number of thioether (sulfide) groups is 1. The largest absolute Gasteiger partial charge is 0.470 e. The first kappa shape index (κ1) is 23.6. The quantitative estimate of drug-likeness (QED) is 0.314. The van der Waals surface area contributed by atoms with E-state index in [9.17, 15) is 22.3 Å². The maximum absolute atomic E-state index is 14.0.